The van der Waals surface area contributed by atoms with Gasteiger partial charge >= 0.3 is 5.69 Å². The first kappa shape index (κ1) is 23.5. The number of Topliss-reactive ketones (excluding diaryl/α,β-unsaturated/α-hetero) is 1. The Hall–Kier alpha value is -2.13. The molecule has 0 saturated carbocycles. The summed E-state index contributed by atoms with van der Waals surface area (Å²) in [5.74, 6) is 0.174. The van der Waals surface area contributed by atoms with Gasteiger partial charge in [-0.3, -0.25) is 19.1 Å². The van der Waals surface area contributed by atoms with Gasteiger partial charge < -0.3 is 14.6 Å². The molecule has 0 radical (unpaired) electrons. The molecule has 2 heterocycles. The summed E-state index contributed by atoms with van der Waals surface area (Å²) in [4.78, 5) is 38.6. The molecule has 0 amide bonds. The Morgan fingerprint density at radius 2 is 2.13 bits per heavy atom. The van der Waals surface area contributed by atoms with Crippen molar-refractivity contribution < 1.29 is 19.4 Å². The predicted octanol–water partition coefficient (Wildman–Crippen LogP) is 2.87. The molecule has 1 unspecified atom stereocenters. The number of aliphatic hydroxyl groups excluding tert-OH is 1. The van der Waals surface area contributed by atoms with Crippen LogP contribution in [0.1, 0.15) is 44.9 Å². The van der Waals surface area contributed by atoms with Crippen molar-refractivity contribution in [1.82, 2.24) is 9.55 Å². The van der Waals surface area contributed by atoms with Crippen LogP contribution in [0.15, 0.2) is 34.0 Å². The van der Waals surface area contributed by atoms with Crippen molar-refractivity contribution in [3.63, 3.8) is 0 Å². The zero-order valence-corrected chi connectivity index (χ0v) is 18.7. The Morgan fingerprint density at radius 1 is 1.39 bits per heavy atom. The van der Waals surface area contributed by atoms with Crippen molar-refractivity contribution in [2.75, 3.05) is 0 Å². The molecular formula is C21H24Cl2N2O6. The van der Waals surface area contributed by atoms with Crippen LogP contribution in [0.3, 0.4) is 0 Å². The number of rotatable bonds is 8. The van der Waals surface area contributed by atoms with E-state index in [1.54, 1.807) is 26.0 Å². The predicted molar refractivity (Wildman–Crippen MR) is 116 cm³/mol. The van der Waals surface area contributed by atoms with Crippen molar-refractivity contribution in [3.8, 4) is 5.75 Å². The number of hydrogen-bond acceptors (Lipinski definition) is 6. The van der Waals surface area contributed by atoms with E-state index >= 15 is 0 Å². The Kier molecular flexibility index (Phi) is 7.59. The van der Waals surface area contributed by atoms with Crippen LogP contribution in [0.2, 0.25) is 10.0 Å². The number of aromatic amines is 1. The van der Waals surface area contributed by atoms with Crippen LogP contribution in [0.4, 0.5) is 0 Å². The average molecular weight is 471 g/mol. The molecule has 4 atom stereocenters. The van der Waals surface area contributed by atoms with Gasteiger partial charge in [0.05, 0.1) is 17.2 Å². The van der Waals surface area contributed by atoms with Gasteiger partial charge in [0.1, 0.15) is 12.0 Å². The van der Waals surface area contributed by atoms with Crippen LogP contribution in [0, 0.1) is 0 Å². The molecular weight excluding hydrogens is 447 g/mol. The lowest BCUT2D eigenvalue weighted by Crippen LogP contribution is -2.34. The van der Waals surface area contributed by atoms with E-state index in [-0.39, 0.29) is 25.0 Å². The van der Waals surface area contributed by atoms with Crippen molar-refractivity contribution in [1.29, 1.82) is 0 Å². The van der Waals surface area contributed by atoms with E-state index in [0.29, 0.717) is 27.8 Å². The second-order valence-corrected chi connectivity index (χ2v) is 8.29. The summed E-state index contributed by atoms with van der Waals surface area (Å²) < 4.78 is 12.7. The maximum absolute atomic E-state index is 12.5. The number of aromatic nitrogens is 2. The smallest absolute Gasteiger partial charge is 0.330 e. The number of benzene rings is 1. The molecule has 1 saturated heterocycles. The highest BCUT2D eigenvalue weighted by molar-refractivity contribution is 6.35. The first-order valence-corrected chi connectivity index (χ1v) is 10.8. The van der Waals surface area contributed by atoms with E-state index < -0.39 is 35.8 Å². The summed E-state index contributed by atoms with van der Waals surface area (Å²) in [6, 6.07) is 4.74. The number of ether oxygens (including phenoxy) is 2. The topological polar surface area (TPSA) is 111 Å². The van der Waals surface area contributed by atoms with Crippen LogP contribution >= 0.6 is 23.2 Å². The van der Waals surface area contributed by atoms with E-state index in [2.05, 4.69) is 4.98 Å². The fourth-order valence-electron chi connectivity index (χ4n) is 3.45. The summed E-state index contributed by atoms with van der Waals surface area (Å²) in [7, 11) is 0. The van der Waals surface area contributed by atoms with Crippen LogP contribution in [0.25, 0.3) is 0 Å². The van der Waals surface area contributed by atoms with E-state index in [4.69, 9.17) is 32.7 Å². The van der Waals surface area contributed by atoms with Gasteiger partial charge in [0.15, 0.2) is 11.9 Å². The second-order valence-electron chi connectivity index (χ2n) is 7.45. The van der Waals surface area contributed by atoms with Crippen LogP contribution < -0.4 is 16.0 Å². The normalized spacial score (nSPS) is 21.8. The van der Waals surface area contributed by atoms with E-state index in [9.17, 15) is 19.5 Å². The third-order valence-electron chi connectivity index (χ3n) is 5.26. The Balaban J connectivity index is 1.59. The van der Waals surface area contributed by atoms with E-state index in [1.165, 1.54) is 16.8 Å². The lowest BCUT2D eigenvalue weighted by Gasteiger charge is -2.18. The van der Waals surface area contributed by atoms with Gasteiger partial charge in [-0.2, -0.15) is 0 Å². The number of ketones is 1. The van der Waals surface area contributed by atoms with Gasteiger partial charge in [-0.15, -0.1) is 0 Å². The third kappa shape index (κ3) is 5.57. The molecule has 0 bridgehead atoms. The number of halogens is 2. The quantitative estimate of drug-likeness (QED) is 0.613. The lowest BCUT2D eigenvalue weighted by atomic mass is 10.0. The first-order valence-electron chi connectivity index (χ1n) is 10.0. The minimum absolute atomic E-state index is 0.113. The van der Waals surface area contributed by atoms with Crippen LogP contribution in [-0.2, 0) is 16.0 Å². The minimum atomic E-state index is -0.844. The number of hydrogen-bond donors (Lipinski definition) is 2. The maximum atomic E-state index is 12.5. The number of aliphatic hydroxyl groups is 1. The Bertz CT molecular complexity index is 1070. The summed E-state index contributed by atoms with van der Waals surface area (Å²) in [5.41, 5.74) is -0.583. The van der Waals surface area contributed by atoms with Gasteiger partial charge in [-0.05, 0) is 38.0 Å². The number of nitrogens with one attached hydrogen (secondary N) is 1. The monoisotopic (exact) mass is 470 g/mol. The molecule has 0 aliphatic carbocycles. The number of nitrogens with zero attached hydrogens (tertiary/aromatic N) is 1. The van der Waals surface area contributed by atoms with Crippen molar-refractivity contribution in [2.45, 2.75) is 64.1 Å². The molecule has 2 N–H and O–H groups in total. The highest BCUT2D eigenvalue weighted by atomic mass is 35.5. The molecule has 8 nitrogen and oxygen atoms in total. The maximum Gasteiger partial charge on any atom is 0.330 e. The van der Waals surface area contributed by atoms with Gasteiger partial charge in [0, 0.05) is 29.6 Å². The standard InChI is InChI=1S/C21H24Cl2N2O6/c1-3-12-10-25(21(29)24-20(12)28)19-9-16(27)18(31-19)7-5-15(26)11(2)30-17-6-4-13(22)8-14(17)23/h4,6,8,10-11,16,18-19,27H,3,5,7,9H2,1-2H3,(H,24,28,29)/t11-,16?,18-,19-/m0/s1. The third-order valence-corrected chi connectivity index (χ3v) is 5.79. The SMILES string of the molecule is CCc1cn([C@@H]2CC(O)[C@H](CCC(=O)[C@H](C)Oc3ccc(Cl)cc3Cl)O2)c(=O)[nH]c1=O. The summed E-state index contributed by atoms with van der Waals surface area (Å²) in [6.45, 7) is 3.42. The molecule has 1 aromatic heterocycles. The molecule has 3 rings (SSSR count). The van der Waals surface area contributed by atoms with Crippen molar-refractivity contribution in [3.05, 3.63) is 60.8 Å². The molecule has 1 aliphatic heterocycles. The molecule has 1 aromatic carbocycles. The van der Waals surface area contributed by atoms with Crippen LogP contribution in [-0.4, -0.2) is 38.8 Å². The molecule has 0 spiro atoms. The Labute approximate surface area is 188 Å². The molecule has 1 fully saturated rings. The highest BCUT2D eigenvalue weighted by Gasteiger charge is 2.36. The largest absolute Gasteiger partial charge is 0.481 e. The summed E-state index contributed by atoms with van der Waals surface area (Å²) in [6.07, 6.45) is -0.462. The zero-order chi connectivity index (χ0) is 22.7. The first-order chi connectivity index (χ1) is 14.7. The highest BCUT2D eigenvalue weighted by Crippen LogP contribution is 2.31. The molecule has 2 aromatic rings. The average Bonchev–Trinajstić information content (AvgIpc) is 3.08. The fourth-order valence-corrected chi connectivity index (χ4v) is 3.91. The second kappa shape index (κ2) is 9.99. The summed E-state index contributed by atoms with van der Waals surface area (Å²) in [5, 5.41) is 11.1. The van der Waals surface area contributed by atoms with Crippen molar-refractivity contribution in [2.24, 2.45) is 0 Å². The lowest BCUT2D eigenvalue weighted by molar-refractivity contribution is -0.126. The molecule has 10 heteroatoms. The number of H-pyrrole nitrogens is 1. The van der Waals surface area contributed by atoms with Crippen LogP contribution in [0.5, 0.6) is 5.75 Å². The zero-order valence-electron chi connectivity index (χ0n) is 17.1. The minimum Gasteiger partial charge on any atom is -0.481 e. The fraction of sp³-hybridized carbons (Fsp3) is 0.476. The van der Waals surface area contributed by atoms with Gasteiger partial charge in [-0.25, -0.2) is 4.79 Å². The van der Waals surface area contributed by atoms with Gasteiger partial charge in [0.2, 0.25) is 0 Å². The molecule has 168 valence electrons. The van der Waals surface area contributed by atoms with E-state index in [1.807, 2.05) is 0 Å². The Morgan fingerprint density at radius 3 is 2.81 bits per heavy atom. The number of carbonyl (C=O) groups is 1. The van der Waals surface area contributed by atoms with Gasteiger partial charge in [0.25, 0.3) is 5.56 Å². The molecule has 1 aliphatic rings. The molecule has 31 heavy (non-hydrogen) atoms. The number of carbonyl (C=O) groups excluding carboxylic acids is 1. The van der Waals surface area contributed by atoms with Crippen molar-refractivity contribution >= 4 is 29.0 Å². The summed E-state index contributed by atoms with van der Waals surface area (Å²) >= 11 is 11.9. The van der Waals surface area contributed by atoms with Gasteiger partial charge in [-0.1, -0.05) is 30.1 Å². The number of aryl methyl sites for hydroxylation is 1. The van der Waals surface area contributed by atoms with E-state index in [0.717, 1.165) is 0 Å².